The van der Waals surface area contributed by atoms with Crippen LogP contribution in [-0.4, -0.2) is 37.0 Å². The fourth-order valence-electron chi connectivity index (χ4n) is 2.63. The first-order chi connectivity index (χ1) is 9.62. The van der Waals surface area contributed by atoms with Crippen LogP contribution in [0.15, 0.2) is 0 Å². The Kier molecular flexibility index (Phi) is 13.8. The maximum absolute atomic E-state index is 9.16. The number of hydrogen-bond acceptors (Lipinski definition) is 1. The van der Waals surface area contributed by atoms with E-state index in [9.17, 15) is 0 Å². The number of rotatable bonds is 15. The van der Waals surface area contributed by atoms with Crippen molar-refractivity contribution in [1.29, 1.82) is 0 Å². The van der Waals surface area contributed by atoms with E-state index in [-0.39, 0.29) is 6.73 Å². The summed E-state index contributed by atoms with van der Waals surface area (Å²) < 4.78 is 0.748. The quantitative estimate of drug-likeness (QED) is 0.252. The Morgan fingerprint density at radius 1 is 0.600 bits per heavy atom. The van der Waals surface area contributed by atoms with E-state index in [1.165, 1.54) is 83.5 Å². The molecule has 0 aromatic rings. The summed E-state index contributed by atoms with van der Waals surface area (Å²) in [5.74, 6) is 0. The summed E-state index contributed by atoms with van der Waals surface area (Å²) in [5, 5.41) is 9.16. The first kappa shape index (κ1) is 19.9. The Morgan fingerprint density at radius 3 is 1.30 bits per heavy atom. The van der Waals surface area contributed by atoms with Gasteiger partial charge in [-0.05, 0) is 12.8 Å². The molecule has 0 aliphatic carbocycles. The van der Waals surface area contributed by atoms with Gasteiger partial charge >= 0.3 is 0 Å². The molecule has 122 valence electrons. The van der Waals surface area contributed by atoms with Crippen LogP contribution in [0, 0.1) is 0 Å². The summed E-state index contributed by atoms with van der Waals surface area (Å²) in [6, 6.07) is 0. The monoisotopic (exact) mass is 286 g/mol. The fraction of sp³-hybridized carbons (Fsp3) is 1.00. The molecule has 2 heteroatoms. The number of aliphatic hydroxyl groups is 1. The van der Waals surface area contributed by atoms with Crippen molar-refractivity contribution in [2.45, 2.75) is 90.4 Å². The number of unbranched alkanes of at least 4 members (excludes halogenated alkanes) is 12. The molecule has 0 radical (unpaired) electrons. The van der Waals surface area contributed by atoms with Crippen molar-refractivity contribution in [1.82, 2.24) is 0 Å². The average Bonchev–Trinajstić information content (AvgIpc) is 2.44. The minimum absolute atomic E-state index is 0.262. The molecule has 0 unspecified atom stereocenters. The van der Waals surface area contributed by atoms with Crippen LogP contribution in [0.2, 0.25) is 0 Å². The second-order valence-corrected chi connectivity index (χ2v) is 7.04. The van der Waals surface area contributed by atoms with Crippen molar-refractivity contribution in [3.63, 3.8) is 0 Å². The Hall–Kier alpha value is -0.0800. The summed E-state index contributed by atoms with van der Waals surface area (Å²) in [7, 11) is 4.20. The van der Waals surface area contributed by atoms with Crippen LogP contribution in [0.25, 0.3) is 0 Å². The van der Waals surface area contributed by atoms with Crippen LogP contribution in [0.5, 0.6) is 0 Å². The first-order valence-corrected chi connectivity index (χ1v) is 9.05. The van der Waals surface area contributed by atoms with Crippen LogP contribution in [0.4, 0.5) is 0 Å². The predicted octanol–water partition coefficient (Wildman–Crippen LogP) is 5.10. The Bertz CT molecular complexity index is 192. The fourth-order valence-corrected chi connectivity index (χ4v) is 2.63. The predicted molar refractivity (Wildman–Crippen MR) is 89.8 cm³/mol. The van der Waals surface area contributed by atoms with Crippen LogP contribution in [0.1, 0.15) is 90.4 Å². The standard InChI is InChI=1S/C18H40NO/c1-4-5-6-7-8-9-10-11-12-13-14-15-16-17-19(2,3)18-20/h20H,4-18H2,1-3H3/q+1. The molecule has 1 N–H and O–H groups in total. The molecule has 0 heterocycles. The third kappa shape index (κ3) is 14.3. The smallest absolute Gasteiger partial charge is 0.179 e. The third-order valence-corrected chi connectivity index (χ3v) is 4.25. The van der Waals surface area contributed by atoms with Crippen LogP contribution in [-0.2, 0) is 0 Å². The molecule has 2 nitrogen and oxygen atoms in total. The van der Waals surface area contributed by atoms with Crippen LogP contribution >= 0.6 is 0 Å². The van der Waals surface area contributed by atoms with Gasteiger partial charge in [0.2, 0.25) is 0 Å². The second kappa shape index (κ2) is 13.9. The largest absolute Gasteiger partial charge is 0.347 e. The van der Waals surface area contributed by atoms with E-state index in [4.69, 9.17) is 5.11 Å². The SMILES string of the molecule is CCCCCCCCCCCCCCC[N+](C)(C)CO. The van der Waals surface area contributed by atoms with Gasteiger partial charge in [-0.15, -0.1) is 0 Å². The lowest BCUT2D eigenvalue weighted by atomic mass is 10.0. The van der Waals surface area contributed by atoms with Crippen LogP contribution < -0.4 is 0 Å². The molecular formula is C18H40NO+. The molecular weight excluding hydrogens is 246 g/mol. The molecule has 20 heavy (non-hydrogen) atoms. The van der Waals surface area contributed by atoms with Gasteiger partial charge in [-0.1, -0.05) is 77.6 Å². The zero-order valence-electron chi connectivity index (χ0n) is 14.5. The topological polar surface area (TPSA) is 20.2 Å². The lowest BCUT2D eigenvalue weighted by molar-refractivity contribution is -0.909. The van der Waals surface area contributed by atoms with Crippen molar-refractivity contribution in [3.05, 3.63) is 0 Å². The summed E-state index contributed by atoms with van der Waals surface area (Å²) in [4.78, 5) is 0. The van der Waals surface area contributed by atoms with Gasteiger partial charge in [0.1, 0.15) is 0 Å². The van der Waals surface area contributed by atoms with Gasteiger partial charge in [0, 0.05) is 0 Å². The van der Waals surface area contributed by atoms with Gasteiger partial charge in [-0.2, -0.15) is 0 Å². The van der Waals surface area contributed by atoms with Crippen molar-refractivity contribution < 1.29 is 9.59 Å². The zero-order chi connectivity index (χ0) is 15.1. The maximum Gasteiger partial charge on any atom is 0.179 e. The Balaban J connectivity index is 3.06. The van der Waals surface area contributed by atoms with Gasteiger partial charge in [0.15, 0.2) is 6.73 Å². The molecule has 0 amide bonds. The van der Waals surface area contributed by atoms with E-state index in [2.05, 4.69) is 21.0 Å². The van der Waals surface area contributed by atoms with E-state index in [1.54, 1.807) is 0 Å². The minimum atomic E-state index is 0.262. The molecule has 0 aromatic heterocycles. The van der Waals surface area contributed by atoms with E-state index in [0.717, 1.165) is 11.0 Å². The first-order valence-electron chi connectivity index (χ1n) is 9.05. The van der Waals surface area contributed by atoms with Gasteiger partial charge < -0.3 is 9.59 Å². The lowest BCUT2D eigenvalue weighted by Gasteiger charge is -2.26. The molecule has 0 rings (SSSR count). The highest BCUT2D eigenvalue weighted by atomic mass is 16.3. The van der Waals surface area contributed by atoms with Crippen molar-refractivity contribution >= 4 is 0 Å². The number of hydrogen-bond donors (Lipinski definition) is 1. The van der Waals surface area contributed by atoms with E-state index >= 15 is 0 Å². The molecule has 0 atom stereocenters. The Labute approximate surface area is 128 Å². The van der Waals surface area contributed by atoms with Crippen molar-refractivity contribution in [2.24, 2.45) is 0 Å². The maximum atomic E-state index is 9.16. The van der Waals surface area contributed by atoms with Crippen molar-refractivity contribution in [2.75, 3.05) is 27.4 Å². The second-order valence-electron chi connectivity index (χ2n) is 7.04. The van der Waals surface area contributed by atoms with Crippen molar-refractivity contribution in [3.8, 4) is 0 Å². The molecule has 0 aliphatic heterocycles. The Morgan fingerprint density at radius 2 is 0.950 bits per heavy atom. The molecule has 0 fully saturated rings. The molecule has 0 aromatic carbocycles. The van der Waals surface area contributed by atoms with E-state index in [1.807, 2.05) is 0 Å². The highest BCUT2D eigenvalue weighted by Crippen LogP contribution is 2.12. The molecule has 0 saturated heterocycles. The van der Waals surface area contributed by atoms with E-state index in [0.29, 0.717) is 0 Å². The zero-order valence-corrected chi connectivity index (χ0v) is 14.5. The summed E-state index contributed by atoms with van der Waals surface area (Å²) in [5.41, 5.74) is 0. The molecule has 0 spiro atoms. The minimum Gasteiger partial charge on any atom is -0.347 e. The average molecular weight is 287 g/mol. The van der Waals surface area contributed by atoms with Gasteiger partial charge in [0.25, 0.3) is 0 Å². The molecule has 0 aliphatic rings. The molecule has 0 saturated carbocycles. The summed E-state index contributed by atoms with van der Waals surface area (Å²) in [6.45, 7) is 3.65. The number of nitrogens with zero attached hydrogens (tertiary/aromatic N) is 1. The highest BCUT2D eigenvalue weighted by molar-refractivity contribution is 4.48. The normalized spacial score (nSPS) is 12.0. The lowest BCUT2D eigenvalue weighted by Crippen LogP contribution is -2.41. The van der Waals surface area contributed by atoms with Gasteiger partial charge in [0.05, 0.1) is 20.6 Å². The van der Waals surface area contributed by atoms with Crippen LogP contribution in [0.3, 0.4) is 0 Å². The number of aliphatic hydroxyl groups excluding tert-OH is 1. The van der Waals surface area contributed by atoms with E-state index < -0.39 is 0 Å². The number of quaternary nitrogens is 1. The summed E-state index contributed by atoms with van der Waals surface area (Å²) >= 11 is 0. The summed E-state index contributed by atoms with van der Waals surface area (Å²) in [6.07, 6.45) is 18.2. The van der Waals surface area contributed by atoms with Gasteiger partial charge in [-0.25, -0.2) is 0 Å². The molecule has 0 bridgehead atoms. The third-order valence-electron chi connectivity index (χ3n) is 4.25. The van der Waals surface area contributed by atoms with Gasteiger partial charge in [-0.3, -0.25) is 0 Å². The highest BCUT2D eigenvalue weighted by Gasteiger charge is 2.11.